The maximum atomic E-state index is 11.1. The first kappa shape index (κ1) is 31.8. The number of carbonyl (C=O) groups is 1. The number of carbonyl (C=O) groups excluding carboxylic acids is 1. The van der Waals surface area contributed by atoms with Crippen LogP contribution in [0.2, 0.25) is 18.1 Å². The zero-order valence-corrected chi connectivity index (χ0v) is 23.7. The van der Waals surface area contributed by atoms with Gasteiger partial charge in [-0.25, -0.2) is 0 Å². The summed E-state index contributed by atoms with van der Waals surface area (Å²) in [4.78, 5) is 11.1. The smallest absolute Gasteiger partial charge is 0.192 e. The van der Waals surface area contributed by atoms with Gasteiger partial charge in [0.1, 0.15) is 13.1 Å². The number of unbranched alkanes of at least 4 members (excludes halogenated alkanes) is 11. The summed E-state index contributed by atoms with van der Waals surface area (Å²) in [6, 6.07) is 0. The fourth-order valence-electron chi connectivity index (χ4n) is 3.83. The third-order valence-electron chi connectivity index (χ3n) is 6.98. The first-order chi connectivity index (χ1) is 15.2. The summed E-state index contributed by atoms with van der Waals surface area (Å²) in [6.07, 6.45) is 19.3. The van der Waals surface area contributed by atoms with Crippen molar-refractivity contribution in [2.75, 3.05) is 13.9 Å². The highest BCUT2D eigenvalue weighted by molar-refractivity contribution is 6.74. The van der Waals surface area contributed by atoms with Crippen molar-refractivity contribution < 1.29 is 18.7 Å². The predicted molar refractivity (Wildman–Crippen MR) is 140 cm³/mol. The van der Waals surface area contributed by atoms with E-state index in [1.165, 1.54) is 70.6 Å². The Morgan fingerprint density at radius 1 is 0.781 bits per heavy atom. The van der Waals surface area contributed by atoms with Gasteiger partial charge in [-0.05, 0) is 31.0 Å². The van der Waals surface area contributed by atoms with Crippen LogP contribution in [0.1, 0.15) is 124 Å². The number of methoxy groups -OCH3 is 1. The van der Waals surface area contributed by atoms with Crippen LogP contribution >= 0.6 is 0 Å². The number of rotatable bonds is 22. The normalized spacial score (nSPS) is 14.5. The summed E-state index contributed by atoms with van der Waals surface area (Å²) < 4.78 is 18.0. The molecule has 0 aromatic carbocycles. The second-order valence-electron chi connectivity index (χ2n) is 11.0. The summed E-state index contributed by atoms with van der Waals surface area (Å²) in [6.45, 7) is 13.9. The summed E-state index contributed by atoms with van der Waals surface area (Å²) in [5.74, 6) is 0. The molecule has 192 valence electrons. The lowest BCUT2D eigenvalue weighted by atomic mass is 10.0. The molecule has 0 aliphatic rings. The standard InChI is InChI=1S/C27H56O4Si/c1-8-9-10-11-12-13-14-15-16-17-18-19-21-25(30-24-29-5)26(22-20-23-28)31-32(6,7)27(2,3)4/h23,25-26H,8-22,24H2,1-7H3/t25-,26-/m1/s1. The van der Waals surface area contributed by atoms with Crippen molar-refractivity contribution in [3.8, 4) is 0 Å². The highest BCUT2D eigenvalue weighted by Crippen LogP contribution is 2.38. The SMILES string of the molecule is CCCCCCCCCCCCCC[C@@H](OCOC)[C@@H](CCC=O)O[Si](C)(C)C(C)(C)C. The van der Waals surface area contributed by atoms with Crippen LogP contribution in [-0.4, -0.2) is 40.7 Å². The number of aldehydes is 1. The topological polar surface area (TPSA) is 44.8 Å². The lowest BCUT2D eigenvalue weighted by Crippen LogP contribution is -2.47. The van der Waals surface area contributed by atoms with E-state index in [2.05, 4.69) is 40.8 Å². The van der Waals surface area contributed by atoms with Gasteiger partial charge in [0.2, 0.25) is 0 Å². The molecule has 0 aliphatic heterocycles. The highest BCUT2D eigenvalue weighted by atomic mass is 28.4. The van der Waals surface area contributed by atoms with Crippen molar-refractivity contribution >= 4 is 14.6 Å². The van der Waals surface area contributed by atoms with Gasteiger partial charge < -0.3 is 18.7 Å². The molecular weight excluding hydrogens is 416 g/mol. The van der Waals surface area contributed by atoms with Gasteiger partial charge in [0.15, 0.2) is 8.32 Å². The van der Waals surface area contributed by atoms with Gasteiger partial charge in [0.25, 0.3) is 0 Å². The van der Waals surface area contributed by atoms with E-state index in [0.29, 0.717) is 6.42 Å². The minimum absolute atomic E-state index is 0.00727. The molecule has 5 heteroatoms. The number of hydrogen-bond acceptors (Lipinski definition) is 4. The molecule has 0 aromatic rings. The number of ether oxygens (including phenoxy) is 2. The van der Waals surface area contributed by atoms with Gasteiger partial charge in [0.05, 0.1) is 12.2 Å². The molecule has 0 rings (SSSR count). The van der Waals surface area contributed by atoms with Crippen LogP contribution in [0, 0.1) is 0 Å². The fourth-order valence-corrected chi connectivity index (χ4v) is 5.21. The molecule has 0 heterocycles. The monoisotopic (exact) mass is 472 g/mol. The molecule has 32 heavy (non-hydrogen) atoms. The highest BCUT2D eigenvalue weighted by Gasteiger charge is 2.40. The lowest BCUT2D eigenvalue weighted by molar-refractivity contribution is -0.117. The zero-order valence-electron chi connectivity index (χ0n) is 22.7. The molecule has 0 spiro atoms. The second kappa shape index (κ2) is 19.1. The van der Waals surface area contributed by atoms with Crippen molar-refractivity contribution in [2.24, 2.45) is 0 Å². The van der Waals surface area contributed by atoms with Crippen LogP contribution < -0.4 is 0 Å². The molecule has 0 aliphatic carbocycles. The van der Waals surface area contributed by atoms with Crippen molar-refractivity contribution in [1.82, 2.24) is 0 Å². The molecule has 0 amide bonds. The van der Waals surface area contributed by atoms with E-state index in [1.54, 1.807) is 7.11 Å². The molecule has 2 atom stereocenters. The summed E-state index contributed by atoms with van der Waals surface area (Å²) in [7, 11) is -0.278. The average Bonchev–Trinajstić information content (AvgIpc) is 2.73. The van der Waals surface area contributed by atoms with E-state index in [9.17, 15) is 4.79 Å². The lowest BCUT2D eigenvalue weighted by Gasteiger charge is -2.41. The first-order valence-electron chi connectivity index (χ1n) is 13.4. The van der Waals surface area contributed by atoms with Gasteiger partial charge in [-0.1, -0.05) is 105 Å². The zero-order chi connectivity index (χ0) is 24.3. The molecule has 0 fully saturated rings. The fraction of sp³-hybridized carbons (Fsp3) is 0.963. The van der Waals surface area contributed by atoms with Gasteiger partial charge in [-0.3, -0.25) is 0 Å². The first-order valence-corrected chi connectivity index (χ1v) is 16.3. The Morgan fingerprint density at radius 2 is 1.28 bits per heavy atom. The summed E-state index contributed by atoms with van der Waals surface area (Å²) in [5.41, 5.74) is 0. The van der Waals surface area contributed by atoms with Gasteiger partial charge in [-0.2, -0.15) is 0 Å². The maximum absolute atomic E-state index is 11.1. The van der Waals surface area contributed by atoms with Crippen LogP contribution in [0.5, 0.6) is 0 Å². The van der Waals surface area contributed by atoms with Gasteiger partial charge in [0, 0.05) is 13.5 Å². The molecule has 0 aromatic heterocycles. The molecule has 0 saturated carbocycles. The number of hydrogen-bond donors (Lipinski definition) is 0. The second-order valence-corrected chi connectivity index (χ2v) is 15.7. The minimum atomic E-state index is -1.94. The Morgan fingerprint density at radius 3 is 1.72 bits per heavy atom. The van der Waals surface area contributed by atoms with E-state index in [-0.39, 0.29) is 24.0 Å². The minimum Gasteiger partial charge on any atom is -0.411 e. The largest absolute Gasteiger partial charge is 0.411 e. The Hall–Kier alpha value is -0.233. The van der Waals surface area contributed by atoms with Crippen LogP contribution in [0.4, 0.5) is 0 Å². The average molecular weight is 473 g/mol. The molecule has 4 nitrogen and oxygen atoms in total. The Kier molecular flexibility index (Phi) is 19.0. The van der Waals surface area contributed by atoms with E-state index in [4.69, 9.17) is 13.9 Å². The van der Waals surface area contributed by atoms with Gasteiger partial charge in [-0.15, -0.1) is 0 Å². The molecular formula is C27H56O4Si. The van der Waals surface area contributed by atoms with Gasteiger partial charge >= 0.3 is 0 Å². The molecule has 0 unspecified atom stereocenters. The Labute approximate surface area is 201 Å². The van der Waals surface area contributed by atoms with Crippen molar-refractivity contribution in [2.45, 2.75) is 154 Å². The molecule has 0 N–H and O–H groups in total. The predicted octanol–water partition coefficient (Wildman–Crippen LogP) is 8.44. The Bertz CT molecular complexity index is 434. The van der Waals surface area contributed by atoms with Crippen molar-refractivity contribution in [3.63, 3.8) is 0 Å². The molecule has 0 radical (unpaired) electrons. The van der Waals surface area contributed by atoms with E-state index >= 15 is 0 Å². The summed E-state index contributed by atoms with van der Waals surface area (Å²) in [5, 5.41) is 0.133. The third kappa shape index (κ3) is 15.6. The van der Waals surface area contributed by atoms with E-state index in [0.717, 1.165) is 25.5 Å². The van der Waals surface area contributed by atoms with Crippen LogP contribution in [0.25, 0.3) is 0 Å². The van der Waals surface area contributed by atoms with Crippen LogP contribution in [0.3, 0.4) is 0 Å². The summed E-state index contributed by atoms with van der Waals surface area (Å²) >= 11 is 0. The molecule has 0 bridgehead atoms. The van der Waals surface area contributed by atoms with Crippen LogP contribution in [0.15, 0.2) is 0 Å². The maximum Gasteiger partial charge on any atom is 0.192 e. The molecule has 0 saturated heterocycles. The Balaban J connectivity index is 4.41. The van der Waals surface area contributed by atoms with E-state index in [1.807, 2.05) is 0 Å². The van der Waals surface area contributed by atoms with Crippen molar-refractivity contribution in [3.05, 3.63) is 0 Å². The third-order valence-corrected chi connectivity index (χ3v) is 11.5. The van der Waals surface area contributed by atoms with E-state index < -0.39 is 8.32 Å². The quantitative estimate of drug-likeness (QED) is 0.0686. The van der Waals surface area contributed by atoms with Crippen molar-refractivity contribution in [1.29, 1.82) is 0 Å². The van der Waals surface area contributed by atoms with Crippen LogP contribution in [-0.2, 0) is 18.7 Å².